The van der Waals surface area contributed by atoms with Gasteiger partial charge in [-0.05, 0) is 54.8 Å². The lowest BCUT2D eigenvalue weighted by Gasteiger charge is -2.09. The van der Waals surface area contributed by atoms with Crippen LogP contribution in [0.15, 0.2) is 21.0 Å². The number of amides is 1. The molecule has 2 aromatic heterocycles. The van der Waals surface area contributed by atoms with Crippen LogP contribution >= 0.6 is 15.9 Å². The third-order valence-corrected chi connectivity index (χ3v) is 5.15. The molecule has 23 heavy (non-hydrogen) atoms. The number of carbonyl (C=O) groups is 1. The molecule has 1 aliphatic heterocycles. The minimum Gasteiger partial charge on any atom is -0.454 e. The predicted molar refractivity (Wildman–Crippen MR) is 88.5 cm³/mol. The summed E-state index contributed by atoms with van der Waals surface area (Å²) in [6.45, 7) is 5.74. The van der Waals surface area contributed by atoms with Gasteiger partial charge in [-0.15, -0.1) is 0 Å². The van der Waals surface area contributed by atoms with Crippen molar-refractivity contribution < 1.29 is 13.9 Å². The van der Waals surface area contributed by atoms with Crippen LogP contribution in [0.3, 0.4) is 0 Å². The summed E-state index contributed by atoms with van der Waals surface area (Å²) in [6, 6.07) is 3.51. The Bertz CT molecular complexity index is 701. The minimum absolute atomic E-state index is 0.125. The second kappa shape index (κ2) is 6.88. The van der Waals surface area contributed by atoms with E-state index in [4.69, 9.17) is 9.15 Å². The molecule has 1 unspecified atom stereocenters. The summed E-state index contributed by atoms with van der Waals surface area (Å²) in [5.41, 5.74) is 1.96. The van der Waals surface area contributed by atoms with Gasteiger partial charge in [0.2, 0.25) is 0 Å². The van der Waals surface area contributed by atoms with Gasteiger partial charge in [0.1, 0.15) is 5.76 Å². The van der Waals surface area contributed by atoms with E-state index in [2.05, 4.69) is 26.3 Å². The Morgan fingerprint density at radius 2 is 2.30 bits per heavy atom. The van der Waals surface area contributed by atoms with Gasteiger partial charge in [-0.2, -0.15) is 5.10 Å². The zero-order valence-corrected chi connectivity index (χ0v) is 14.9. The van der Waals surface area contributed by atoms with Gasteiger partial charge in [-0.25, -0.2) is 0 Å². The lowest BCUT2D eigenvalue weighted by molar-refractivity contribution is 0.0833. The molecule has 124 valence electrons. The van der Waals surface area contributed by atoms with E-state index in [1.807, 2.05) is 24.6 Å². The molecular weight excluding hydrogens is 362 g/mol. The van der Waals surface area contributed by atoms with E-state index in [9.17, 15) is 4.79 Å². The van der Waals surface area contributed by atoms with Crippen molar-refractivity contribution in [2.24, 2.45) is 0 Å². The smallest absolute Gasteiger partial charge is 0.287 e. The maximum absolute atomic E-state index is 12.1. The third-order valence-electron chi connectivity index (χ3n) is 4.00. The summed E-state index contributed by atoms with van der Waals surface area (Å²) in [4.78, 5) is 12.1. The Hall–Kier alpha value is -1.60. The third kappa shape index (κ3) is 3.67. The maximum Gasteiger partial charge on any atom is 0.287 e. The Morgan fingerprint density at radius 1 is 1.48 bits per heavy atom. The summed E-state index contributed by atoms with van der Waals surface area (Å²) in [6.07, 6.45) is 2.18. The number of hydrogen-bond acceptors (Lipinski definition) is 4. The molecule has 0 aromatic carbocycles. The molecule has 1 amide bonds. The molecule has 3 heterocycles. The summed E-state index contributed by atoms with van der Waals surface area (Å²) >= 11 is 3.50. The number of halogens is 1. The Labute approximate surface area is 143 Å². The van der Waals surface area contributed by atoms with Crippen LogP contribution in [0.2, 0.25) is 0 Å². The largest absolute Gasteiger partial charge is 0.454 e. The molecule has 0 aliphatic carbocycles. The standard InChI is InChI=1S/C16H20BrN3O3/c1-10-15(17)11(2)20(19-10)9-13-5-6-14(23-13)16(21)18-8-12-4-3-7-22-12/h5-6,12H,3-4,7-9H2,1-2H3,(H,18,21). The van der Waals surface area contributed by atoms with Crippen molar-refractivity contribution >= 4 is 21.8 Å². The van der Waals surface area contributed by atoms with E-state index in [0.29, 0.717) is 24.6 Å². The Kier molecular flexibility index (Phi) is 4.87. The van der Waals surface area contributed by atoms with Crippen molar-refractivity contribution in [3.63, 3.8) is 0 Å². The Balaban J connectivity index is 1.60. The van der Waals surface area contributed by atoms with Crippen LogP contribution in [-0.2, 0) is 11.3 Å². The fraction of sp³-hybridized carbons (Fsp3) is 0.500. The van der Waals surface area contributed by atoms with Crippen LogP contribution in [0.5, 0.6) is 0 Å². The number of rotatable bonds is 5. The molecule has 7 heteroatoms. The molecule has 0 bridgehead atoms. The molecule has 0 spiro atoms. The van der Waals surface area contributed by atoms with Crippen LogP contribution in [0.25, 0.3) is 0 Å². The highest BCUT2D eigenvalue weighted by molar-refractivity contribution is 9.10. The predicted octanol–water partition coefficient (Wildman–Crippen LogP) is 2.81. The summed E-state index contributed by atoms with van der Waals surface area (Å²) < 4.78 is 14.0. The molecule has 6 nitrogen and oxygen atoms in total. The van der Waals surface area contributed by atoms with Crippen LogP contribution in [-0.4, -0.2) is 34.9 Å². The van der Waals surface area contributed by atoms with Crippen molar-refractivity contribution in [2.75, 3.05) is 13.2 Å². The molecule has 2 aromatic rings. The van der Waals surface area contributed by atoms with Gasteiger partial charge in [0.05, 0.1) is 28.5 Å². The number of nitrogens with zero attached hydrogens (tertiary/aromatic N) is 2. The van der Waals surface area contributed by atoms with Gasteiger partial charge < -0.3 is 14.5 Å². The van der Waals surface area contributed by atoms with Crippen molar-refractivity contribution in [3.8, 4) is 0 Å². The number of hydrogen-bond donors (Lipinski definition) is 1. The molecule has 1 atom stereocenters. The number of aromatic nitrogens is 2. The van der Waals surface area contributed by atoms with Crippen LogP contribution in [0, 0.1) is 13.8 Å². The first-order valence-corrected chi connectivity index (χ1v) is 8.52. The number of furan rings is 1. The molecule has 1 N–H and O–H groups in total. The van der Waals surface area contributed by atoms with Gasteiger partial charge in [-0.3, -0.25) is 9.48 Å². The van der Waals surface area contributed by atoms with Gasteiger partial charge in [0.25, 0.3) is 5.91 Å². The number of aryl methyl sites for hydroxylation is 1. The lowest BCUT2D eigenvalue weighted by Crippen LogP contribution is -2.31. The van der Waals surface area contributed by atoms with E-state index in [0.717, 1.165) is 35.3 Å². The highest BCUT2D eigenvalue weighted by Gasteiger charge is 2.18. The first-order chi connectivity index (χ1) is 11.0. The first kappa shape index (κ1) is 16.3. The second-order valence-electron chi connectivity index (χ2n) is 5.75. The molecule has 3 rings (SSSR count). The zero-order valence-electron chi connectivity index (χ0n) is 13.3. The lowest BCUT2D eigenvalue weighted by atomic mass is 10.2. The minimum atomic E-state index is -0.207. The van der Waals surface area contributed by atoms with Crippen molar-refractivity contribution in [3.05, 3.63) is 39.5 Å². The number of carbonyl (C=O) groups excluding carboxylic acids is 1. The van der Waals surface area contributed by atoms with Gasteiger partial charge >= 0.3 is 0 Å². The SMILES string of the molecule is Cc1nn(Cc2ccc(C(=O)NCC3CCCO3)o2)c(C)c1Br. The van der Waals surface area contributed by atoms with E-state index < -0.39 is 0 Å². The molecular formula is C16H20BrN3O3. The maximum atomic E-state index is 12.1. The van der Waals surface area contributed by atoms with Gasteiger partial charge in [-0.1, -0.05) is 0 Å². The Morgan fingerprint density at radius 3 is 2.96 bits per heavy atom. The van der Waals surface area contributed by atoms with E-state index in [1.165, 1.54) is 0 Å². The molecule has 1 fully saturated rings. The summed E-state index contributed by atoms with van der Waals surface area (Å²) in [5, 5.41) is 7.30. The quantitative estimate of drug-likeness (QED) is 0.864. The van der Waals surface area contributed by atoms with E-state index in [1.54, 1.807) is 6.07 Å². The molecule has 0 saturated carbocycles. The van der Waals surface area contributed by atoms with Crippen molar-refractivity contribution in [1.82, 2.24) is 15.1 Å². The second-order valence-corrected chi connectivity index (χ2v) is 6.55. The number of nitrogens with one attached hydrogen (secondary N) is 1. The van der Waals surface area contributed by atoms with E-state index in [-0.39, 0.29) is 12.0 Å². The van der Waals surface area contributed by atoms with E-state index >= 15 is 0 Å². The van der Waals surface area contributed by atoms with Gasteiger partial charge in [0, 0.05) is 13.2 Å². The first-order valence-electron chi connectivity index (χ1n) is 7.72. The average molecular weight is 382 g/mol. The van der Waals surface area contributed by atoms with Crippen LogP contribution < -0.4 is 5.32 Å². The summed E-state index contributed by atoms with van der Waals surface area (Å²) in [7, 11) is 0. The highest BCUT2D eigenvalue weighted by atomic mass is 79.9. The highest BCUT2D eigenvalue weighted by Crippen LogP contribution is 2.21. The zero-order chi connectivity index (χ0) is 16.4. The topological polar surface area (TPSA) is 69.3 Å². The average Bonchev–Trinajstić information content (AvgIpc) is 3.25. The van der Waals surface area contributed by atoms with Crippen LogP contribution in [0.1, 0.15) is 40.5 Å². The van der Waals surface area contributed by atoms with Crippen LogP contribution in [0.4, 0.5) is 0 Å². The summed E-state index contributed by atoms with van der Waals surface area (Å²) in [5.74, 6) is 0.810. The van der Waals surface area contributed by atoms with Gasteiger partial charge in [0.15, 0.2) is 5.76 Å². The van der Waals surface area contributed by atoms with Crippen molar-refractivity contribution in [1.29, 1.82) is 0 Å². The fourth-order valence-corrected chi connectivity index (χ4v) is 2.94. The molecule has 0 radical (unpaired) electrons. The van der Waals surface area contributed by atoms with Crippen molar-refractivity contribution in [2.45, 2.75) is 39.3 Å². The molecule has 1 saturated heterocycles. The fourth-order valence-electron chi connectivity index (χ4n) is 2.66. The molecule has 1 aliphatic rings. The monoisotopic (exact) mass is 381 g/mol. The number of ether oxygens (including phenoxy) is 1. The normalized spacial score (nSPS) is 17.6.